The molecule has 1 aliphatic carbocycles. The van der Waals surface area contributed by atoms with E-state index in [4.69, 9.17) is 21.1 Å². The van der Waals surface area contributed by atoms with E-state index in [1.165, 1.54) is 19.2 Å². The Kier molecular flexibility index (Phi) is 4.71. The van der Waals surface area contributed by atoms with Crippen LogP contribution < -0.4 is 9.64 Å². The minimum absolute atomic E-state index is 0.180. The minimum Gasteiger partial charge on any atom is -0.497 e. The molecule has 3 aromatic carbocycles. The molecule has 3 aromatic rings. The van der Waals surface area contributed by atoms with Gasteiger partial charge in [-0.05, 0) is 30.3 Å². The van der Waals surface area contributed by atoms with Crippen molar-refractivity contribution in [3.05, 3.63) is 94.5 Å². The monoisotopic (exact) mass is 487 g/mol. The van der Waals surface area contributed by atoms with Gasteiger partial charge in [0.1, 0.15) is 5.75 Å². The van der Waals surface area contributed by atoms with Crippen LogP contribution in [-0.2, 0) is 14.3 Å². The third kappa shape index (κ3) is 2.76. The smallest absolute Gasteiger partial charge is 0.241 e. The number of imide groups is 1. The maximum absolute atomic E-state index is 13.9. The highest BCUT2D eigenvalue weighted by molar-refractivity contribution is 6.37. The van der Waals surface area contributed by atoms with Gasteiger partial charge in [0.2, 0.25) is 29.0 Å². The molecular weight excluding hydrogens is 470 g/mol. The SMILES string of the molecule is COc1ccc(N2C(=O)[C@@H]3[C@H](c4ccccc4Cl)OC4(C(=O)c5ccccc5C4=O)[C@H]3C2=O)cc1. The number of Topliss-reactive ketones (excluding diaryl/α,β-unsaturated/α-hetero) is 2. The van der Waals surface area contributed by atoms with Crippen molar-refractivity contribution < 1.29 is 28.7 Å². The number of ether oxygens (including phenoxy) is 2. The van der Waals surface area contributed by atoms with Crippen LogP contribution >= 0.6 is 11.6 Å². The lowest BCUT2D eigenvalue weighted by atomic mass is 9.77. The van der Waals surface area contributed by atoms with Crippen LogP contribution in [-0.4, -0.2) is 36.1 Å². The first-order valence-electron chi connectivity index (χ1n) is 11.0. The Labute approximate surface area is 205 Å². The Hall–Kier alpha value is -3.81. The number of rotatable bonds is 3. The quantitative estimate of drug-likeness (QED) is 0.409. The maximum Gasteiger partial charge on any atom is 0.241 e. The molecule has 2 aliphatic heterocycles. The largest absolute Gasteiger partial charge is 0.497 e. The van der Waals surface area contributed by atoms with Crippen LogP contribution in [0, 0.1) is 11.8 Å². The van der Waals surface area contributed by atoms with E-state index in [9.17, 15) is 19.2 Å². The standard InChI is InChI=1S/C27H18ClNO6/c1-34-15-12-10-14(11-13-15)29-25(32)20-21(26(29)33)27(35-22(20)18-8-4-5-9-19(18)28)23(30)16-6-2-3-7-17(16)24(27)31/h2-13,20-22H,1H3/t20-,21+,22-/m0/s1. The summed E-state index contributed by atoms with van der Waals surface area (Å²) in [6, 6.07) is 19.5. The van der Waals surface area contributed by atoms with Crippen LogP contribution in [0.1, 0.15) is 32.4 Å². The number of hydrogen-bond donors (Lipinski definition) is 0. The number of halogens is 1. The molecule has 0 radical (unpaired) electrons. The van der Waals surface area contributed by atoms with Gasteiger partial charge in [0.05, 0.1) is 30.7 Å². The second kappa shape index (κ2) is 7.60. The van der Waals surface area contributed by atoms with Gasteiger partial charge in [-0.25, -0.2) is 4.90 Å². The number of carbonyl (C=O) groups excluding carboxylic acids is 4. The number of fused-ring (bicyclic) bond motifs is 3. The average Bonchev–Trinajstić information content (AvgIpc) is 3.44. The van der Waals surface area contributed by atoms with Crippen molar-refractivity contribution in [1.82, 2.24) is 0 Å². The average molecular weight is 488 g/mol. The normalized spacial score (nSPS) is 24.3. The molecule has 2 heterocycles. The molecule has 174 valence electrons. The van der Waals surface area contributed by atoms with E-state index in [1.807, 2.05) is 0 Å². The van der Waals surface area contributed by atoms with Crippen molar-refractivity contribution in [2.45, 2.75) is 11.7 Å². The molecular formula is C27H18ClNO6. The molecule has 7 nitrogen and oxygen atoms in total. The number of benzene rings is 3. The van der Waals surface area contributed by atoms with Gasteiger partial charge in [-0.3, -0.25) is 19.2 Å². The number of anilines is 1. The van der Waals surface area contributed by atoms with Crippen molar-refractivity contribution in [2.24, 2.45) is 11.8 Å². The summed E-state index contributed by atoms with van der Waals surface area (Å²) in [6.07, 6.45) is -1.06. The highest BCUT2D eigenvalue weighted by atomic mass is 35.5. The first-order valence-corrected chi connectivity index (χ1v) is 11.4. The maximum atomic E-state index is 13.9. The van der Waals surface area contributed by atoms with Crippen LogP contribution in [0.5, 0.6) is 5.75 Å². The van der Waals surface area contributed by atoms with Gasteiger partial charge in [0, 0.05) is 21.7 Å². The van der Waals surface area contributed by atoms with E-state index >= 15 is 0 Å². The summed E-state index contributed by atoms with van der Waals surface area (Å²) in [4.78, 5) is 56.2. The zero-order chi connectivity index (χ0) is 24.5. The Morgan fingerprint density at radius 3 is 2.03 bits per heavy atom. The summed E-state index contributed by atoms with van der Waals surface area (Å²) in [5.74, 6) is -4.31. The second-order valence-electron chi connectivity index (χ2n) is 8.71. The number of amides is 2. The Morgan fingerprint density at radius 1 is 0.829 bits per heavy atom. The highest BCUT2D eigenvalue weighted by Crippen LogP contribution is 2.58. The number of nitrogens with zero attached hydrogens (tertiary/aromatic N) is 1. The van der Waals surface area contributed by atoms with Crippen LogP contribution in [0.2, 0.25) is 5.02 Å². The molecule has 2 saturated heterocycles. The van der Waals surface area contributed by atoms with Crippen molar-refractivity contribution >= 4 is 40.7 Å². The first kappa shape index (κ1) is 21.7. The molecule has 3 atom stereocenters. The summed E-state index contributed by atoms with van der Waals surface area (Å²) in [5.41, 5.74) is -1.01. The van der Waals surface area contributed by atoms with Crippen molar-refractivity contribution in [2.75, 3.05) is 12.0 Å². The molecule has 1 spiro atoms. The minimum atomic E-state index is -2.13. The summed E-state index contributed by atoms with van der Waals surface area (Å²) < 4.78 is 11.4. The second-order valence-corrected chi connectivity index (χ2v) is 9.12. The molecule has 0 saturated carbocycles. The Bertz CT molecular complexity index is 1400. The van der Waals surface area contributed by atoms with Gasteiger partial charge in [0.15, 0.2) is 0 Å². The Balaban J connectivity index is 1.54. The molecule has 0 N–H and O–H groups in total. The zero-order valence-electron chi connectivity index (χ0n) is 18.4. The zero-order valence-corrected chi connectivity index (χ0v) is 19.2. The Morgan fingerprint density at radius 2 is 1.43 bits per heavy atom. The lowest BCUT2D eigenvalue weighted by Gasteiger charge is -2.27. The number of hydrogen-bond acceptors (Lipinski definition) is 6. The van der Waals surface area contributed by atoms with E-state index in [-0.39, 0.29) is 11.1 Å². The number of methoxy groups -OCH3 is 1. The predicted molar refractivity (Wildman–Crippen MR) is 126 cm³/mol. The third-order valence-corrected chi connectivity index (χ3v) is 7.41. The molecule has 8 heteroatoms. The molecule has 2 amide bonds. The van der Waals surface area contributed by atoms with Crippen LogP contribution in [0.3, 0.4) is 0 Å². The van der Waals surface area contributed by atoms with E-state index in [0.29, 0.717) is 22.0 Å². The number of ketones is 2. The van der Waals surface area contributed by atoms with Crippen molar-refractivity contribution in [1.29, 1.82) is 0 Å². The van der Waals surface area contributed by atoms with Gasteiger partial charge in [-0.1, -0.05) is 54.1 Å². The molecule has 35 heavy (non-hydrogen) atoms. The van der Waals surface area contributed by atoms with Crippen molar-refractivity contribution in [3.63, 3.8) is 0 Å². The van der Waals surface area contributed by atoms with Crippen LogP contribution in [0.4, 0.5) is 5.69 Å². The molecule has 0 unspecified atom stereocenters. The molecule has 0 bridgehead atoms. The summed E-state index contributed by atoms with van der Waals surface area (Å²) in [5, 5.41) is 0.312. The molecule has 3 aliphatic rings. The fourth-order valence-electron chi connectivity index (χ4n) is 5.49. The fraction of sp³-hybridized carbons (Fsp3) is 0.185. The van der Waals surface area contributed by atoms with Gasteiger partial charge in [-0.2, -0.15) is 0 Å². The topological polar surface area (TPSA) is 90.0 Å². The lowest BCUT2D eigenvalue weighted by Crippen LogP contribution is -2.51. The highest BCUT2D eigenvalue weighted by Gasteiger charge is 2.74. The first-order chi connectivity index (χ1) is 16.9. The van der Waals surface area contributed by atoms with Gasteiger partial charge < -0.3 is 9.47 Å². The van der Waals surface area contributed by atoms with E-state index < -0.39 is 46.9 Å². The van der Waals surface area contributed by atoms with E-state index in [1.54, 1.807) is 60.7 Å². The number of carbonyl (C=O) groups is 4. The predicted octanol–water partition coefficient (Wildman–Crippen LogP) is 4.04. The molecule has 0 aromatic heterocycles. The lowest BCUT2D eigenvalue weighted by molar-refractivity contribution is -0.127. The van der Waals surface area contributed by atoms with E-state index in [2.05, 4.69) is 0 Å². The summed E-state index contributed by atoms with van der Waals surface area (Å²) >= 11 is 6.45. The van der Waals surface area contributed by atoms with Gasteiger partial charge in [-0.15, -0.1) is 0 Å². The van der Waals surface area contributed by atoms with E-state index in [0.717, 1.165) is 4.90 Å². The van der Waals surface area contributed by atoms with Crippen LogP contribution in [0.15, 0.2) is 72.8 Å². The van der Waals surface area contributed by atoms with Gasteiger partial charge in [0.25, 0.3) is 0 Å². The van der Waals surface area contributed by atoms with Gasteiger partial charge >= 0.3 is 0 Å². The summed E-state index contributed by atoms with van der Waals surface area (Å²) in [6.45, 7) is 0. The van der Waals surface area contributed by atoms with Crippen LogP contribution in [0.25, 0.3) is 0 Å². The fourth-order valence-corrected chi connectivity index (χ4v) is 5.73. The van der Waals surface area contributed by atoms with Crippen molar-refractivity contribution in [3.8, 4) is 5.75 Å². The summed E-state index contributed by atoms with van der Waals surface area (Å²) in [7, 11) is 1.51. The molecule has 6 rings (SSSR count). The molecule has 2 fully saturated rings. The third-order valence-electron chi connectivity index (χ3n) is 7.06.